The van der Waals surface area contributed by atoms with Crippen molar-refractivity contribution in [3.8, 4) is 0 Å². The zero-order valence-electron chi connectivity index (χ0n) is 26.0. The van der Waals surface area contributed by atoms with Crippen LogP contribution in [0.5, 0.6) is 0 Å². The Bertz CT molecular complexity index is 1750. The van der Waals surface area contributed by atoms with Crippen LogP contribution in [0.25, 0.3) is 0 Å². The van der Waals surface area contributed by atoms with E-state index in [1.807, 2.05) is 67.6 Å². The Morgan fingerprint density at radius 2 is 1.55 bits per heavy atom. The second-order valence-electron chi connectivity index (χ2n) is 10.5. The molecule has 14 heteroatoms. The molecule has 1 saturated heterocycles. The summed E-state index contributed by atoms with van der Waals surface area (Å²) in [4.78, 5) is 29.0. The van der Waals surface area contributed by atoms with Crippen molar-refractivity contribution < 1.29 is 40.5 Å². The molecule has 47 heavy (non-hydrogen) atoms. The van der Waals surface area contributed by atoms with Crippen molar-refractivity contribution >= 4 is 41.5 Å². The summed E-state index contributed by atoms with van der Waals surface area (Å²) in [6.45, 7) is 5.33. The van der Waals surface area contributed by atoms with Crippen LogP contribution < -0.4 is 5.09 Å². The van der Waals surface area contributed by atoms with E-state index in [-0.39, 0.29) is 29.6 Å². The average Bonchev–Trinajstić information content (AvgIpc) is 3.07. The molecule has 0 aromatic heterocycles. The number of esters is 1. The molecule has 2 aliphatic heterocycles. The highest BCUT2D eigenvalue weighted by molar-refractivity contribution is 8.00. The van der Waals surface area contributed by atoms with Gasteiger partial charge in [0.15, 0.2) is 6.10 Å². The van der Waals surface area contributed by atoms with E-state index in [0.717, 1.165) is 11.8 Å². The summed E-state index contributed by atoms with van der Waals surface area (Å²) in [5.74, 6) is -1.18. The maximum atomic E-state index is 14.1. The van der Waals surface area contributed by atoms with Gasteiger partial charge in [-0.1, -0.05) is 78.4 Å². The number of rotatable bonds is 14. The van der Waals surface area contributed by atoms with Crippen molar-refractivity contribution in [2.45, 2.75) is 43.2 Å². The van der Waals surface area contributed by atoms with Crippen LogP contribution in [0.1, 0.15) is 36.6 Å². The van der Waals surface area contributed by atoms with Gasteiger partial charge in [0.2, 0.25) is 5.91 Å². The largest absolute Gasteiger partial charge is 0.448 e. The third-order valence-electron chi connectivity index (χ3n) is 7.28. The highest BCUT2D eigenvalue weighted by Gasteiger charge is 2.56. The van der Waals surface area contributed by atoms with Crippen LogP contribution in [0.15, 0.2) is 113 Å². The Balaban J connectivity index is 1.48. The van der Waals surface area contributed by atoms with Crippen molar-refractivity contribution in [1.82, 2.24) is 9.99 Å². The van der Waals surface area contributed by atoms with Crippen molar-refractivity contribution in [3.63, 3.8) is 0 Å². The minimum absolute atomic E-state index is 0.0344. The van der Waals surface area contributed by atoms with Gasteiger partial charge in [0.1, 0.15) is 28.3 Å². The lowest BCUT2D eigenvalue weighted by atomic mass is 10.0. The van der Waals surface area contributed by atoms with Gasteiger partial charge in [-0.25, -0.2) is 14.4 Å². The number of carbonyl (C=O) groups excluding carboxylic acids is 2. The summed E-state index contributed by atoms with van der Waals surface area (Å²) < 4.78 is 60.8. The number of nitrogens with one attached hydrogen (secondary N) is 1. The third-order valence-corrected chi connectivity index (χ3v) is 11.6. The minimum Gasteiger partial charge on any atom is -0.448 e. The van der Waals surface area contributed by atoms with Gasteiger partial charge in [-0.3, -0.25) is 18.7 Å². The molecule has 0 spiro atoms. The first-order chi connectivity index (χ1) is 22.6. The normalized spacial score (nSPS) is 18.3. The van der Waals surface area contributed by atoms with E-state index in [2.05, 4.69) is 5.09 Å². The maximum Gasteiger partial charge on any atom is 0.406 e. The molecule has 0 saturated carbocycles. The molecule has 2 heterocycles. The molecule has 1 N–H and O–H groups in total. The number of aryl methyl sites for hydroxylation is 1. The summed E-state index contributed by atoms with van der Waals surface area (Å²) in [6.07, 6.45) is 1.50. The highest BCUT2D eigenvalue weighted by atomic mass is 32.2. The number of β-lactam (4-membered cyclic amide) rings is 1. The summed E-state index contributed by atoms with van der Waals surface area (Å²) >= 11 is 1.29. The Kier molecular flexibility index (Phi) is 11.1. The van der Waals surface area contributed by atoms with Crippen LogP contribution in [0.4, 0.5) is 0 Å². The van der Waals surface area contributed by atoms with Crippen molar-refractivity contribution in [2.75, 3.05) is 19.0 Å². The lowest BCUT2D eigenvalue weighted by Crippen LogP contribution is -2.69. The number of hydrogen-bond acceptors (Lipinski definition) is 10. The predicted octanol–water partition coefficient (Wildman–Crippen LogP) is 5.86. The number of ether oxygens (including phenoxy) is 1. The van der Waals surface area contributed by atoms with Gasteiger partial charge >= 0.3 is 23.8 Å². The Hall–Kier alpha value is -3.71. The minimum atomic E-state index is -4.15. The van der Waals surface area contributed by atoms with Crippen LogP contribution in [0.3, 0.4) is 0 Å². The monoisotopic (exact) mass is 698 g/mol. The molecule has 1 amide bonds. The highest BCUT2D eigenvalue weighted by Crippen LogP contribution is 2.49. The van der Waals surface area contributed by atoms with E-state index < -0.39 is 47.3 Å². The standard InChI is InChI=1S/C33H35N2O9PS2/c1-4-41-45(38,42-5-2)34-28-31(36)35-29(33(37)44-30(24-12-8-6-9-13-24)25-14-10-7-11-15-25)26(22-46-32(28)35)20-21-43-47(39,40)27-18-16-23(3)17-19-27/h6-21,28,30,32H,4-5,22H2,1-3H3,(H,34,38). The third kappa shape index (κ3) is 7.89. The lowest BCUT2D eigenvalue weighted by Gasteiger charge is -2.50. The SMILES string of the molecule is CCOP(=O)(NC1C(=O)N2C(C(=O)OC(c3ccccc3)c3ccccc3)=C(C=COS(=O)(=O)c3ccc(C)cc3)CSC12)OCC. The van der Waals surface area contributed by atoms with Crippen molar-refractivity contribution in [3.05, 3.63) is 125 Å². The van der Waals surface area contributed by atoms with E-state index in [1.165, 1.54) is 34.9 Å². The van der Waals surface area contributed by atoms with Crippen molar-refractivity contribution in [1.29, 1.82) is 0 Å². The number of allylic oxidation sites excluding steroid dienone is 1. The molecular weight excluding hydrogens is 663 g/mol. The van der Waals surface area contributed by atoms with Gasteiger partial charge in [0.25, 0.3) is 0 Å². The summed E-state index contributed by atoms with van der Waals surface area (Å²) in [6, 6.07) is 23.5. The Labute approximate surface area is 278 Å². The fourth-order valence-electron chi connectivity index (χ4n) is 5.06. The van der Waals surface area contributed by atoms with E-state index in [4.69, 9.17) is 18.0 Å². The van der Waals surface area contributed by atoms with Crippen molar-refractivity contribution in [2.24, 2.45) is 0 Å². The molecule has 3 aromatic carbocycles. The number of thioether (sulfide) groups is 1. The molecular formula is C33H35N2O9PS2. The topological polar surface area (TPSA) is 138 Å². The van der Waals surface area contributed by atoms with Gasteiger partial charge in [0, 0.05) is 5.75 Å². The van der Waals surface area contributed by atoms with E-state index in [1.54, 1.807) is 26.0 Å². The second kappa shape index (κ2) is 15.0. The zero-order valence-corrected chi connectivity index (χ0v) is 28.5. The number of benzene rings is 3. The van der Waals surface area contributed by atoms with Gasteiger partial charge in [0.05, 0.1) is 13.2 Å². The van der Waals surface area contributed by atoms with Crippen LogP contribution in [-0.4, -0.2) is 55.6 Å². The quantitative estimate of drug-likeness (QED) is 0.0713. The van der Waals surface area contributed by atoms with Gasteiger partial charge in [-0.05, 0) is 55.7 Å². The number of nitrogens with zero attached hydrogens (tertiary/aromatic N) is 1. The van der Waals surface area contributed by atoms with Gasteiger partial charge in [-0.2, -0.15) is 8.42 Å². The summed E-state index contributed by atoms with van der Waals surface area (Å²) in [7, 11) is -7.97. The zero-order chi connectivity index (χ0) is 33.6. The van der Waals surface area contributed by atoms with Crippen LogP contribution in [0.2, 0.25) is 0 Å². The van der Waals surface area contributed by atoms with Gasteiger partial charge in [-0.15, -0.1) is 11.8 Å². The molecule has 1 fully saturated rings. The number of fused-ring (bicyclic) bond motifs is 1. The van der Waals surface area contributed by atoms with Crippen LogP contribution in [0, 0.1) is 6.92 Å². The van der Waals surface area contributed by atoms with Crippen LogP contribution in [-0.2, 0) is 42.2 Å². The molecule has 248 valence electrons. The van der Waals surface area contributed by atoms with E-state index in [0.29, 0.717) is 16.7 Å². The molecule has 11 nitrogen and oxygen atoms in total. The smallest absolute Gasteiger partial charge is 0.406 e. The number of hydrogen-bond donors (Lipinski definition) is 1. The molecule has 2 unspecified atom stereocenters. The summed E-state index contributed by atoms with van der Waals surface area (Å²) in [5, 5.41) is 2.08. The Morgan fingerprint density at radius 3 is 2.11 bits per heavy atom. The fraction of sp³-hybridized carbons (Fsp3) is 0.273. The lowest BCUT2D eigenvalue weighted by molar-refractivity contribution is -0.153. The predicted molar refractivity (Wildman–Crippen MR) is 177 cm³/mol. The molecule has 0 radical (unpaired) electrons. The fourth-order valence-corrected chi connectivity index (χ4v) is 8.76. The average molecular weight is 699 g/mol. The summed E-state index contributed by atoms with van der Waals surface area (Å²) in [5.41, 5.74) is 2.53. The molecule has 2 atom stereocenters. The molecule has 3 aromatic rings. The molecule has 5 rings (SSSR count). The maximum absolute atomic E-state index is 14.1. The molecule has 0 bridgehead atoms. The molecule has 0 aliphatic carbocycles. The first-order valence-corrected chi connectivity index (χ1v) is 18.9. The Morgan fingerprint density at radius 1 is 0.979 bits per heavy atom. The first kappa shape index (κ1) is 34.6. The van der Waals surface area contributed by atoms with Gasteiger partial charge < -0.3 is 8.92 Å². The number of carbonyl (C=O) groups is 2. The second-order valence-corrected chi connectivity index (χ2v) is 14.9. The van der Waals surface area contributed by atoms with E-state index in [9.17, 15) is 22.6 Å². The number of amides is 1. The molecule has 2 aliphatic rings. The van der Waals surface area contributed by atoms with Crippen LogP contribution >= 0.6 is 19.5 Å². The van der Waals surface area contributed by atoms with E-state index >= 15 is 0 Å². The first-order valence-electron chi connectivity index (χ1n) is 14.9.